The van der Waals surface area contributed by atoms with Crippen LogP contribution in [-0.4, -0.2) is 17.6 Å². The lowest BCUT2D eigenvalue weighted by molar-refractivity contribution is -0.143. The van der Waals surface area contributed by atoms with Gasteiger partial charge in [-0.2, -0.15) is 0 Å². The van der Waals surface area contributed by atoms with Gasteiger partial charge in [0.15, 0.2) is 0 Å². The molecule has 0 aliphatic rings. The number of carbonyl (C=O) groups excluding carboxylic acids is 1. The van der Waals surface area contributed by atoms with Crippen molar-refractivity contribution in [3.63, 3.8) is 0 Å². The SMILES string of the molecule is CCOC(=O)C[C@@H](N)c1ccc2cc[nH]c2c1.Cl. The van der Waals surface area contributed by atoms with Crippen molar-refractivity contribution < 1.29 is 9.53 Å². The van der Waals surface area contributed by atoms with Crippen LogP contribution in [0, 0.1) is 0 Å². The molecule has 2 aromatic rings. The van der Waals surface area contributed by atoms with Gasteiger partial charge in [0.25, 0.3) is 0 Å². The van der Waals surface area contributed by atoms with Crippen LogP contribution >= 0.6 is 12.4 Å². The highest BCUT2D eigenvalue weighted by atomic mass is 35.5. The van der Waals surface area contributed by atoms with Crippen molar-refractivity contribution in [2.45, 2.75) is 19.4 Å². The summed E-state index contributed by atoms with van der Waals surface area (Å²) in [6.07, 6.45) is 2.09. The van der Waals surface area contributed by atoms with Gasteiger partial charge in [-0.15, -0.1) is 12.4 Å². The molecule has 98 valence electrons. The molecule has 0 saturated carbocycles. The average Bonchev–Trinajstić information content (AvgIpc) is 2.75. The lowest BCUT2D eigenvalue weighted by atomic mass is 10.0. The predicted octanol–water partition coefficient (Wildman–Crippen LogP) is 2.54. The Morgan fingerprint density at radius 3 is 2.94 bits per heavy atom. The van der Waals surface area contributed by atoms with E-state index in [4.69, 9.17) is 10.5 Å². The second-order valence-electron chi connectivity index (χ2n) is 3.94. The number of halogens is 1. The fourth-order valence-corrected chi connectivity index (χ4v) is 1.81. The molecule has 0 spiro atoms. The summed E-state index contributed by atoms with van der Waals surface area (Å²) in [7, 11) is 0. The minimum Gasteiger partial charge on any atom is -0.466 e. The number of fused-ring (bicyclic) bond motifs is 1. The summed E-state index contributed by atoms with van der Waals surface area (Å²) in [5, 5.41) is 1.14. The van der Waals surface area contributed by atoms with Gasteiger partial charge in [-0.05, 0) is 30.0 Å². The lowest BCUT2D eigenvalue weighted by Crippen LogP contribution is -2.17. The molecular weight excluding hydrogens is 252 g/mol. The molecule has 2 rings (SSSR count). The molecule has 1 atom stereocenters. The average molecular weight is 269 g/mol. The van der Waals surface area contributed by atoms with Crippen molar-refractivity contribution in [2.75, 3.05) is 6.61 Å². The fraction of sp³-hybridized carbons (Fsp3) is 0.308. The summed E-state index contributed by atoms with van der Waals surface area (Å²) in [4.78, 5) is 14.5. The number of benzene rings is 1. The number of hydrogen-bond donors (Lipinski definition) is 2. The largest absolute Gasteiger partial charge is 0.466 e. The number of carbonyl (C=O) groups is 1. The van der Waals surface area contributed by atoms with Crippen LogP contribution in [0.1, 0.15) is 24.9 Å². The van der Waals surface area contributed by atoms with Gasteiger partial charge in [0.1, 0.15) is 0 Å². The lowest BCUT2D eigenvalue weighted by Gasteiger charge is -2.11. The van der Waals surface area contributed by atoms with E-state index >= 15 is 0 Å². The third kappa shape index (κ3) is 3.24. The molecule has 0 saturated heterocycles. The van der Waals surface area contributed by atoms with E-state index in [1.807, 2.05) is 30.5 Å². The van der Waals surface area contributed by atoms with E-state index in [0.717, 1.165) is 16.5 Å². The topological polar surface area (TPSA) is 68.1 Å². The van der Waals surface area contributed by atoms with Crippen molar-refractivity contribution in [3.8, 4) is 0 Å². The summed E-state index contributed by atoms with van der Waals surface area (Å²) in [5.74, 6) is -0.258. The highest BCUT2D eigenvalue weighted by molar-refractivity contribution is 5.85. The molecule has 0 unspecified atom stereocenters. The van der Waals surface area contributed by atoms with Gasteiger partial charge in [-0.1, -0.05) is 12.1 Å². The van der Waals surface area contributed by atoms with E-state index in [1.54, 1.807) is 6.92 Å². The number of rotatable bonds is 4. The van der Waals surface area contributed by atoms with E-state index in [-0.39, 0.29) is 30.8 Å². The minimum atomic E-state index is -0.318. The van der Waals surface area contributed by atoms with Gasteiger partial charge in [0.05, 0.1) is 13.0 Å². The van der Waals surface area contributed by atoms with Crippen LogP contribution in [0.3, 0.4) is 0 Å². The van der Waals surface area contributed by atoms with Crippen LogP contribution in [0.15, 0.2) is 30.5 Å². The number of nitrogens with one attached hydrogen (secondary N) is 1. The maximum atomic E-state index is 11.3. The Labute approximate surface area is 112 Å². The molecule has 0 amide bonds. The van der Waals surface area contributed by atoms with Gasteiger partial charge in [0.2, 0.25) is 0 Å². The van der Waals surface area contributed by atoms with E-state index in [9.17, 15) is 4.79 Å². The Bertz CT molecular complexity index is 524. The molecule has 18 heavy (non-hydrogen) atoms. The molecule has 0 aliphatic carbocycles. The fourth-order valence-electron chi connectivity index (χ4n) is 1.81. The Morgan fingerprint density at radius 2 is 2.22 bits per heavy atom. The highest BCUT2D eigenvalue weighted by Gasteiger charge is 2.12. The van der Waals surface area contributed by atoms with E-state index < -0.39 is 0 Å². The number of H-pyrrole nitrogens is 1. The Kier molecular flexibility index (Phi) is 5.19. The van der Waals surface area contributed by atoms with Crippen LogP contribution in [0.2, 0.25) is 0 Å². The first-order valence-electron chi connectivity index (χ1n) is 5.69. The minimum absolute atomic E-state index is 0. The standard InChI is InChI=1S/C13H16N2O2.ClH/c1-2-17-13(16)8-11(14)10-4-3-9-5-6-15-12(9)7-10;/h3-7,11,15H,2,8,14H2,1H3;1H/t11-;/m1./s1. The monoisotopic (exact) mass is 268 g/mol. The summed E-state index contributed by atoms with van der Waals surface area (Å²) in [6.45, 7) is 2.18. The molecule has 4 nitrogen and oxygen atoms in total. The first-order chi connectivity index (χ1) is 8.20. The van der Waals surface area contributed by atoms with Gasteiger partial charge < -0.3 is 15.5 Å². The third-order valence-electron chi connectivity index (χ3n) is 2.70. The van der Waals surface area contributed by atoms with E-state index in [2.05, 4.69) is 4.98 Å². The summed E-state index contributed by atoms with van der Waals surface area (Å²) in [6, 6.07) is 7.59. The highest BCUT2D eigenvalue weighted by Crippen LogP contribution is 2.20. The number of esters is 1. The second-order valence-corrected chi connectivity index (χ2v) is 3.94. The Balaban J connectivity index is 0.00000162. The molecule has 0 fully saturated rings. The quantitative estimate of drug-likeness (QED) is 0.838. The zero-order valence-corrected chi connectivity index (χ0v) is 11.0. The third-order valence-corrected chi connectivity index (χ3v) is 2.70. The van der Waals surface area contributed by atoms with Gasteiger partial charge >= 0.3 is 5.97 Å². The number of nitrogens with two attached hydrogens (primary N) is 1. The number of aromatic amines is 1. The molecule has 1 heterocycles. The normalized spacial score (nSPS) is 11.9. The van der Waals surface area contributed by atoms with Crippen LogP contribution in [0.4, 0.5) is 0 Å². The van der Waals surface area contributed by atoms with Gasteiger partial charge in [-0.3, -0.25) is 4.79 Å². The van der Waals surface area contributed by atoms with Crippen LogP contribution in [0.5, 0.6) is 0 Å². The number of aromatic nitrogens is 1. The van der Waals surface area contributed by atoms with E-state index in [0.29, 0.717) is 6.61 Å². The van der Waals surface area contributed by atoms with Crippen molar-refractivity contribution in [1.82, 2.24) is 4.98 Å². The zero-order valence-electron chi connectivity index (χ0n) is 10.2. The first-order valence-corrected chi connectivity index (χ1v) is 5.69. The molecule has 0 radical (unpaired) electrons. The molecule has 0 aliphatic heterocycles. The first kappa shape index (κ1) is 14.5. The van der Waals surface area contributed by atoms with Crippen molar-refractivity contribution in [1.29, 1.82) is 0 Å². The van der Waals surface area contributed by atoms with Crippen LogP contribution in [-0.2, 0) is 9.53 Å². The molecular formula is C13H17ClN2O2. The number of hydrogen-bond acceptors (Lipinski definition) is 3. The second kappa shape index (κ2) is 6.42. The molecule has 3 N–H and O–H groups in total. The summed E-state index contributed by atoms with van der Waals surface area (Å²) < 4.78 is 4.88. The molecule has 1 aromatic heterocycles. The van der Waals surface area contributed by atoms with Crippen molar-refractivity contribution in [2.24, 2.45) is 5.73 Å². The maximum absolute atomic E-state index is 11.3. The van der Waals surface area contributed by atoms with Crippen LogP contribution in [0.25, 0.3) is 10.9 Å². The maximum Gasteiger partial charge on any atom is 0.307 e. The van der Waals surface area contributed by atoms with Crippen molar-refractivity contribution in [3.05, 3.63) is 36.0 Å². The smallest absolute Gasteiger partial charge is 0.307 e. The molecule has 5 heteroatoms. The summed E-state index contributed by atoms with van der Waals surface area (Å²) in [5.41, 5.74) is 7.94. The predicted molar refractivity (Wildman–Crippen MR) is 73.7 cm³/mol. The Hall–Kier alpha value is -1.52. The summed E-state index contributed by atoms with van der Waals surface area (Å²) >= 11 is 0. The molecule has 0 bridgehead atoms. The zero-order chi connectivity index (χ0) is 12.3. The van der Waals surface area contributed by atoms with E-state index in [1.165, 1.54) is 0 Å². The van der Waals surface area contributed by atoms with Gasteiger partial charge in [-0.25, -0.2) is 0 Å². The van der Waals surface area contributed by atoms with Crippen molar-refractivity contribution >= 4 is 29.3 Å². The van der Waals surface area contributed by atoms with Crippen LogP contribution < -0.4 is 5.73 Å². The van der Waals surface area contributed by atoms with Gasteiger partial charge in [0, 0.05) is 17.8 Å². The molecule has 1 aromatic carbocycles. The number of ether oxygens (including phenoxy) is 1. The Morgan fingerprint density at radius 1 is 1.44 bits per heavy atom.